The van der Waals surface area contributed by atoms with Gasteiger partial charge in [-0.2, -0.15) is 0 Å². The standard InChI is InChI=1S/C15H15Cl2NO/c1-2-10-4-3-7-18-15(10)14(19)9-11-8-12(16)5-6-13(11)17/h3-8,14,19H,2,9H2,1H3. The van der Waals surface area contributed by atoms with E-state index < -0.39 is 6.10 Å². The first-order chi connectivity index (χ1) is 9.11. The predicted molar refractivity (Wildman–Crippen MR) is 78.7 cm³/mol. The Hall–Kier alpha value is -1.09. The molecule has 2 rings (SSSR count). The van der Waals surface area contributed by atoms with Crippen molar-refractivity contribution in [3.8, 4) is 0 Å². The van der Waals surface area contributed by atoms with Gasteiger partial charge in [0.1, 0.15) is 6.10 Å². The number of aliphatic hydroxyl groups is 1. The monoisotopic (exact) mass is 295 g/mol. The van der Waals surface area contributed by atoms with Crippen molar-refractivity contribution >= 4 is 23.2 Å². The van der Waals surface area contributed by atoms with Gasteiger partial charge < -0.3 is 5.11 Å². The zero-order valence-electron chi connectivity index (χ0n) is 10.6. The van der Waals surface area contributed by atoms with Crippen molar-refractivity contribution in [1.29, 1.82) is 0 Å². The van der Waals surface area contributed by atoms with Crippen LogP contribution in [-0.4, -0.2) is 10.1 Å². The Balaban J connectivity index is 2.25. The van der Waals surface area contributed by atoms with E-state index in [9.17, 15) is 5.11 Å². The number of hydrogen-bond acceptors (Lipinski definition) is 2. The summed E-state index contributed by atoms with van der Waals surface area (Å²) in [5.74, 6) is 0. The molecule has 0 saturated heterocycles. The molecule has 0 aliphatic carbocycles. The Kier molecular flexibility index (Phi) is 4.81. The van der Waals surface area contributed by atoms with Gasteiger partial charge in [0.15, 0.2) is 0 Å². The molecule has 0 saturated carbocycles. The molecule has 19 heavy (non-hydrogen) atoms. The first kappa shape index (κ1) is 14.3. The van der Waals surface area contributed by atoms with Crippen LogP contribution in [0.25, 0.3) is 0 Å². The summed E-state index contributed by atoms with van der Waals surface area (Å²) in [6, 6.07) is 9.11. The SMILES string of the molecule is CCc1cccnc1C(O)Cc1cc(Cl)ccc1Cl. The lowest BCUT2D eigenvalue weighted by Gasteiger charge is -2.14. The highest BCUT2D eigenvalue weighted by molar-refractivity contribution is 6.33. The molecule has 1 aromatic carbocycles. The topological polar surface area (TPSA) is 33.1 Å². The summed E-state index contributed by atoms with van der Waals surface area (Å²) in [5.41, 5.74) is 2.59. The highest BCUT2D eigenvalue weighted by atomic mass is 35.5. The summed E-state index contributed by atoms with van der Waals surface area (Å²) in [6.45, 7) is 2.04. The molecule has 0 radical (unpaired) electrons. The molecule has 0 spiro atoms. The first-order valence-electron chi connectivity index (χ1n) is 6.17. The van der Waals surface area contributed by atoms with E-state index in [1.54, 1.807) is 24.4 Å². The molecule has 1 heterocycles. The minimum atomic E-state index is -0.674. The number of aromatic nitrogens is 1. The molecule has 1 N–H and O–H groups in total. The summed E-state index contributed by atoms with van der Waals surface area (Å²) >= 11 is 12.1. The van der Waals surface area contributed by atoms with Crippen molar-refractivity contribution in [3.05, 3.63) is 63.4 Å². The highest BCUT2D eigenvalue weighted by Gasteiger charge is 2.15. The maximum atomic E-state index is 10.3. The lowest BCUT2D eigenvalue weighted by atomic mass is 10.0. The van der Waals surface area contributed by atoms with Crippen LogP contribution in [-0.2, 0) is 12.8 Å². The van der Waals surface area contributed by atoms with E-state index in [2.05, 4.69) is 4.98 Å². The fourth-order valence-corrected chi connectivity index (χ4v) is 2.44. The smallest absolute Gasteiger partial charge is 0.100 e. The van der Waals surface area contributed by atoms with Crippen LogP contribution in [0.2, 0.25) is 10.0 Å². The van der Waals surface area contributed by atoms with Gasteiger partial charge in [-0.05, 0) is 41.8 Å². The van der Waals surface area contributed by atoms with Crippen molar-refractivity contribution < 1.29 is 5.11 Å². The molecule has 0 amide bonds. The molecule has 100 valence electrons. The van der Waals surface area contributed by atoms with Gasteiger partial charge in [0, 0.05) is 22.7 Å². The number of aliphatic hydroxyl groups excluding tert-OH is 1. The van der Waals surface area contributed by atoms with E-state index in [0.717, 1.165) is 17.5 Å². The van der Waals surface area contributed by atoms with E-state index in [0.29, 0.717) is 22.2 Å². The second-order valence-electron chi connectivity index (χ2n) is 4.36. The maximum Gasteiger partial charge on any atom is 0.100 e. The molecule has 1 aromatic heterocycles. The Morgan fingerprint density at radius 3 is 2.74 bits per heavy atom. The van der Waals surface area contributed by atoms with Gasteiger partial charge in [0.2, 0.25) is 0 Å². The van der Waals surface area contributed by atoms with Crippen LogP contribution >= 0.6 is 23.2 Å². The maximum absolute atomic E-state index is 10.3. The molecule has 4 heteroatoms. The van der Waals surface area contributed by atoms with Crippen LogP contribution < -0.4 is 0 Å². The van der Waals surface area contributed by atoms with E-state index in [-0.39, 0.29) is 0 Å². The van der Waals surface area contributed by atoms with Crippen LogP contribution in [0.15, 0.2) is 36.5 Å². The van der Waals surface area contributed by atoms with Gasteiger partial charge in [0.05, 0.1) is 5.69 Å². The number of halogens is 2. The number of aryl methyl sites for hydroxylation is 1. The molecule has 0 aliphatic heterocycles. The normalized spacial score (nSPS) is 12.4. The van der Waals surface area contributed by atoms with Gasteiger partial charge in [-0.1, -0.05) is 36.2 Å². The molecule has 0 aliphatic rings. The largest absolute Gasteiger partial charge is 0.386 e. The van der Waals surface area contributed by atoms with Gasteiger partial charge in [-0.3, -0.25) is 4.98 Å². The second kappa shape index (κ2) is 6.38. The van der Waals surface area contributed by atoms with Gasteiger partial charge in [-0.15, -0.1) is 0 Å². The van der Waals surface area contributed by atoms with Crippen molar-refractivity contribution in [2.24, 2.45) is 0 Å². The van der Waals surface area contributed by atoms with Crippen LogP contribution in [0.4, 0.5) is 0 Å². The molecular formula is C15H15Cl2NO. The molecule has 2 nitrogen and oxygen atoms in total. The lowest BCUT2D eigenvalue weighted by Crippen LogP contribution is -2.07. The Morgan fingerprint density at radius 2 is 2.00 bits per heavy atom. The number of hydrogen-bond donors (Lipinski definition) is 1. The lowest BCUT2D eigenvalue weighted by molar-refractivity contribution is 0.172. The van der Waals surface area contributed by atoms with Gasteiger partial charge in [0.25, 0.3) is 0 Å². The average Bonchev–Trinajstić information content (AvgIpc) is 2.42. The zero-order chi connectivity index (χ0) is 13.8. The third-order valence-electron chi connectivity index (χ3n) is 3.04. The van der Waals surface area contributed by atoms with Crippen LogP contribution in [0.5, 0.6) is 0 Å². The van der Waals surface area contributed by atoms with Crippen LogP contribution in [0, 0.1) is 0 Å². The molecule has 0 bridgehead atoms. The molecular weight excluding hydrogens is 281 g/mol. The first-order valence-corrected chi connectivity index (χ1v) is 6.93. The number of rotatable bonds is 4. The van der Waals surface area contributed by atoms with Crippen molar-refractivity contribution in [3.63, 3.8) is 0 Å². The molecule has 1 atom stereocenters. The van der Waals surface area contributed by atoms with E-state index in [1.165, 1.54) is 0 Å². The molecule has 0 fully saturated rings. The summed E-state index contributed by atoms with van der Waals surface area (Å²) < 4.78 is 0. The minimum absolute atomic E-state index is 0.406. The third-order valence-corrected chi connectivity index (χ3v) is 3.65. The Morgan fingerprint density at radius 1 is 1.21 bits per heavy atom. The van der Waals surface area contributed by atoms with Gasteiger partial charge >= 0.3 is 0 Å². The Labute approximate surface area is 123 Å². The Bertz CT molecular complexity index is 572. The zero-order valence-corrected chi connectivity index (χ0v) is 12.1. The van der Waals surface area contributed by atoms with Gasteiger partial charge in [-0.25, -0.2) is 0 Å². The van der Waals surface area contributed by atoms with Crippen molar-refractivity contribution in [2.75, 3.05) is 0 Å². The van der Waals surface area contributed by atoms with E-state index in [4.69, 9.17) is 23.2 Å². The fourth-order valence-electron chi connectivity index (χ4n) is 2.05. The van der Waals surface area contributed by atoms with Crippen molar-refractivity contribution in [1.82, 2.24) is 4.98 Å². The predicted octanol–water partition coefficient (Wildman–Crippen LogP) is 4.23. The highest BCUT2D eigenvalue weighted by Crippen LogP contribution is 2.26. The van der Waals surface area contributed by atoms with Crippen LogP contribution in [0.3, 0.4) is 0 Å². The third kappa shape index (κ3) is 3.47. The van der Waals surface area contributed by atoms with E-state index in [1.807, 2.05) is 19.1 Å². The molecule has 1 unspecified atom stereocenters. The summed E-state index contributed by atoms with van der Waals surface area (Å²) in [7, 11) is 0. The summed E-state index contributed by atoms with van der Waals surface area (Å²) in [4.78, 5) is 4.27. The number of benzene rings is 1. The molecule has 2 aromatic rings. The fraction of sp³-hybridized carbons (Fsp3) is 0.267. The summed E-state index contributed by atoms with van der Waals surface area (Å²) in [6.07, 6.45) is 2.26. The second-order valence-corrected chi connectivity index (χ2v) is 5.20. The number of pyridine rings is 1. The average molecular weight is 296 g/mol. The quantitative estimate of drug-likeness (QED) is 0.916. The van der Waals surface area contributed by atoms with E-state index >= 15 is 0 Å². The summed E-state index contributed by atoms with van der Waals surface area (Å²) in [5, 5.41) is 11.6. The van der Waals surface area contributed by atoms with Crippen molar-refractivity contribution in [2.45, 2.75) is 25.9 Å². The number of nitrogens with zero attached hydrogens (tertiary/aromatic N) is 1. The minimum Gasteiger partial charge on any atom is -0.386 e. The van der Waals surface area contributed by atoms with Crippen LogP contribution in [0.1, 0.15) is 29.8 Å².